The predicted octanol–water partition coefficient (Wildman–Crippen LogP) is 1.43. The zero-order valence-corrected chi connectivity index (χ0v) is 12.5. The van der Waals surface area contributed by atoms with E-state index in [0.29, 0.717) is 11.8 Å². The summed E-state index contributed by atoms with van der Waals surface area (Å²) in [7, 11) is 1.63. The molecule has 112 valence electrons. The Hall–Kier alpha value is -2.08. The van der Waals surface area contributed by atoms with Crippen molar-refractivity contribution in [2.75, 3.05) is 25.5 Å². The van der Waals surface area contributed by atoms with E-state index in [9.17, 15) is 0 Å². The third-order valence-corrected chi connectivity index (χ3v) is 3.67. The first-order valence-corrected chi connectivity index (χ1v) is 7.22. The van der Waals surface area contributed by atoms with Crippen molar-refractivity contribution in [3.63, 3.8) is 0 Å². The summed E-state index contributed by atoms with van der Waals surface area (Å²) in [6.45, 7) is 5.75. The number of rotatable bonds is 5. The predicted molar refractivity (Wildman–Crippen MR) is 81.4 cm³/mol. The zero-order chi connectivity index (χ0) is 14.7. The zero-order valence-electron chi connectivity index (χ0n) is 12.5. The Balaban J connectivity index is 1.47. The molecular formula is C15H21N5O. The normalized spacial score (nSPS) is 17.1. The molecular weight excluding hydrogens is 266 g/mol. The molecule has 6 nitrogen and oxygen atoms in total. The first-order chi connectivity index (χ1) is 10.2. The quantitative estimate of drug-likeness (QED) is 0.871. The molecule has 0 saturated heterocycles. The molecule has 0 saturated carbocycles. The summed E-state index contributed by atoms with van der Waals surface area (Å²) in [5, 5.41) is 11.4. The number of methoxy groups -OCH3 is 1. The van der Waals surface area contributed by atoms with E-state index in [1.165, 1.54) is 0 Å². The van der Waals surface area contributed by atoms with Crippen molar-refractivity contribution in [2.24, 2.45) is 5.92 Å². The molecule has 0 amide bonds. The third-order valence-electron chi connectivity index (χ3n) is 3.67. The summed E-state index contributed by atoms with van der Waals surface area (Å²) in [6.07, 6.45) is 1.85. The number of nitrogens with one attached hydrogen (secondary N) is 2. The molecule has 0 unspecified atom stereocenters. The number of pyridine rings is 1. The average molecular weight is 287 g/mol. The lowest BCUT2D eigenvalue weighted by Gasteiger charge is -2.25. The summed E-state index contributed by atoms with van der Waals surface area (Å²) in [5.74, 6) is 2.32. The summed E-state index contributed by atoms with van der Waals surface area (Å²) >= 11 is 0. The van der Waals surface area contributed by atoms with Gasteiger partial charge in [0.2, 0.25) is 5.88 Å². The molecule has 6 heteroatoms. The molecule has 21 heavy (non-hydrogen) atoms. The van der Waals surface area contributed by atoms with Crippen molar-refractivity contribution in [1.82, 2.24) is 20.1 Å². The molecule has 1 atom stereocenters. The summed E-state index contributed by atoms with van der Waals surface area (Å²) < 4.78 is 7.11. The Kier molecular flexibility index (Phi) is 4.06. The van der Waals surface area contributed by atoms with E-state index in [1.807, 2.05) is 25.3 Å². The van der Waals surface area contributed by atoms with Crippen molar-refractivity contribution in [1.29, 1.82) is 0 Å². The lowest BCUT2D eigenvalue weighted by molar-refractivity contribution is 0.389. The molecule has 2 aromatic heterocycles. The van der Waals surface area contributed by atoms with Crippen molar-refractivity contribution >= 4 is 5.82 Å². The molecule has 0 aliphatic carbocycles. The van der Waals surface area contributed by atoms with Gasteiger partial charge in [0, 0.05) is 50.4 Å². The molecule has 0 aromatic carbocycles. The van der Waals surface area contributed by atoms with E-state index in [0.717, 1.165) is 43.3 Å². The number of aromatic nitrogens is 3. The van der Waals surface area contributed by atoms with Crippen LogP contribution < -0.4 is 15.4 Å². The Bertz CT molecular complexity index is 593. The van der Waals surface area contributed by atoms with Gasteiger partial charge in [0.15, 0.2) is 0 Å². The topological polar surface area (TPSA) is 64.0 Å². The van der Waals surface area contributed by atoms with Gasteiger partial charge in [-0.1, -0.05) is 6.07 Å². The lowest BCUT2D eigenvalue weighted by Crippen LogP contribution is -2.35. The maximum atomic E-state index is 5.05. The monoisotopic (exact) mass is 287 g/mol. The molecule has 0 bridgehead atoms. The number of anilines is 1. The maximum Gasteiger partial charge on any atom is 0.212 e. The minimum absolute atomic E-state index is 0.544. The highest BCUT2D eigenvalue weighted by Gasteiger charge is 2.18. The highest BCUT2D eigenvalue weighted by molar-refractivity contribution is 5.38. The minimum atomic E-state index is 0.544. The molecule has 1 aliphatic heterocycles. The molecule has 3 heterocycles. The van der Waals surface area contributed by atoms with E-state index in [-0.39, 0.29) is 0 Å². The largest absolute Gasteiger partial charge is 0.481 e. The Morgan fingerprint density at radius 1 is 1.48 bits per heavy atom. The van der Waals surface area contributed by atoms with Gasteiger partial charge in [-0.3, -0.25) is 0 Å². The molecule has 1 aliphatic rings. The molecule has 2 N–H and O–H groups in total. The van der Waals surface area contributed by atoms with E-state index in [4.69, 9.17) is 4.74 Å². The van der Waals surface area contributed by atoms with Crippen molar-refractivity contribution in [3.8, 4) is 5.88 Å². The fourth-order valence-electron chi connectivity index (χ4n) is 2.58. The summed E-state index contributed by atoms with van der Waals surface area (Å²) in [6, 6.07) is 6.01. The number of aryl methyl sites for hydroxylation is 1. The van der Waals surface area contributed by atoms with Gasteiger partial charge >= 0.3 is 0 Å². The maximum absolute atomic E-state index is 5.05. The molecule has 0 spiro atoms. The Labute approximate surface area is 124 Å². The van der Waals surface area contributed by atoms with Crippen LogP contribution in [0.1, 0.15) is 11.3 Å². The van der Waals surface area contributed by atoms with Crippen LogP contribution in [0.4, 0.5) is 5.82 Å². The smallest absolute Gasteiger partial charge is 0.212 e. The van der Waals surface area contributed by atoms with Gasteiger partial charge in [0.1, 0.15) is 5.82 Å². The van der Waals surface area contributed by atoms with Crippen LogP contribution in [0.3, 0.4) is 0 Å². The second-order valence-corrected chi connectivity index (χ2v) is 5.44. The number of ether oxygens (including phenoxy) is 1. The van der Waals surface area contributed by atoms with Gasteiger partial charge in [0.05, 0.1) is 12.8 Å². The average Bonchev–Trinajstić information content (AvgIpc) is 2.87. The van der Waals surface area contributed by atoms with E-state index >= 15 is 0 Å². The number of nitrogens with zero attached hydrogens (tertiary/aromatic N) is 3. The Morgan fingerprint density at radius 2 is 2.38 bits per heavy atom. The van der Waals surface area contributed by atoms with Gasteiger partial charge in [-0.25, -0.2) is 9.67 Å². The summed E-state index contributed by atoms with van der Waals surface area (Å²) in [5.41, 5.74) is 2.23. The SMILES string of the molecule is COc1ccc(CNC[C@@H]2CNc3cc(C)nn3C2)cn1. The van der Waals surface area contributed by atoms with Crippen LogP contribution in [0.25, 0.3) is 0 Å². The van der Waals surface area contributed by atoms with E-state index in [1.54, 1.807) is 7.11 Å². The first kappa shape index (κ1) is 13.9. The second kappa shape index (κ2) is 6.13. The van der Waals surface area contributed by atoms with Crippen LogP contribution in [0.2, 0.25) is 0 Å². The van der Waals surface area contributed by atoms with Crippen LogP contribution in [0.5, 0.6) is 5.88 Å². The lowest BCUT2D eigenvalue weighted by atomic mass is 10.1. The molecule has 2 aromatic rings. The summed E-state index contributed by atoms with van der Waals surface area (Å²) in [4.78, 5) is 4.21. The van der Waals surface area contributed by atoms with Crippen molar-refractivity contribution < 1.29 is 4.74 Å². The van der Waals surface area contributed by atoms with Crippen LogP contribution in [-0.2, 0) is 13.1 Å². The van der Waals surface area contributed by atoms with Crippen molar-refractivity contribution in [2.45, 2.75) is 20.0 Å². The van der Waals surface area contributed by atoms with Crippen LogP contribution in [0.15, 0.2) is 24.4 Å². The van der Waals surface area contributed by atoms with Gasteiger partial charge in [0.25, 0.3) is 0 Å². The van der Waals surface area contributed by atoms with Gasteiger partial charge in [-0.15, -0.1) is 0 Å². The van der Waals surface area contributed by atoms with Gasteiger partial charge in [-0.05, 0) is 12.5 Å². The van der Waals surface area contributed by atoms with Crippen LogP contribution in [0, 0.1) is 12.8 Å². The number of hydrogen-bond donors (Lipinski definition) is 2. The highest BCUT2D eigenvalue weighted by Crippen LogP contribution is 2.18. The Morgan fingerprint density at radius 3 is 3.14 bits per heavy atom. The second-order valence-electron chi connectivity index (χ2n) is 5.44. The molecule has 0 fully saturated rings. The number of fused-ring (bicyclic) bond motifs is 1. The minimum Gasteiger partial charge on any atom is -0.481 e. The fourth-order valence-corrected chi connectivity index (χ4v) is 2.58. The van der Waals surface area contributed by atoms with Gasteiger partial charge < -0.3 is 15.4 Å². The fraction of sp³-hybridized carbons (Fsp3) is 0.467. The van der Waals surface area contributed by atoms with Gasteiger partial charge in [-0.2, -0.15) is 5.10 Å². The molecule has 3 rings (SSSR count). The van der Waals surface area contributed by atoms with Crippen molar-refractivity contribution in [3.05, 3.63) is 35.7 Å². The number of hydrogen-bond acceptors (Lipinski definition) is 5. The van der Waals surface area contributed by atoms with Crippen LogP contribution in [-0.4, -0.2) is 35.0 Å². The first-order valence-electron chi connectivity index (χ1n) is 7.22. The molecule has 0 radical (unpaired) electrons. The third kappa shape index (κ3) is 3.33. The van der Waals surface area contributed by atoms with E-state index in [2.05, 4.69) is 31.5 Å². The van der Waals surface area contributed by atoms with Crippen LogP contribution >= 0.6 is 0 Å². The standard InChI is InChI=1S/C15H21N5O/c1-11-5-14-17-9-13(10-20(14)19-11)7-16-6-12-3-4-15(21-2)18-8-12/h3-5,8,13,16-17H,6-7,9-10H2,1-2H3/t13-/m1/s1. The van der Waals surface area contributed by atoms with E-state index < -0.39 is 0 Å². The highest BCUT2D eigenvalue weighted by atomic mass is 16.5.